The van der Waals surface area contributed by atoms with Gasteiger partial charge in [-0.3, -0.25) is 4.99 Å². The number of rotatable bonds is 5. The van der Waals surface area contributed by atoms with Gasteiger partial charge in [-0.05, 0) is 18.6 Å². The monoisotopic (exact) mass is 440 g/mol. The average Bonchev–Trinajstić information content (AvgIpc) is 2.57. The Labute approximate surface area is 161 Å². The Bertz CT molecular complexity index is 658. The van der Waals surface area contributed by atoms with Crippen LogP contribution in [0.25, 0.3) is 0 Å². The first-order chi connectivity index (χ1) is 11.1. The molecule has 0 aliphatic heterocycles. The van der Waals surface area contributed by atoms with Crippen LogP contribution in [0, 0.1) is 6.92 Å². The summed E-state index contributed by atoms with van der Waals surface area (Å²) < 4.78 is 5.14. The number of ether oxygens (including phenoxy) is 1. The van der Waals surface area contributed by atoms with E-state index in [0.29, 0.717) is 12.4 Å². The number of nitrogens with zero attached hydrogens (tertiary/aromatic N) is 3. The molecular weight excluding hydrogens is 415 g/mol. The van der Waals surface area contributed by atoms with Gasteiger partial charge in [0.15, 0.2) is 5.96 Å². The van der Waals surface area contributed by atoms with E-state index >= 15 is 0 Å². The van der Waals surface area contributed by atoms with Crippen LogP contribution in [0.15, 0.2) is 47.5 Å². The number of aryl methyl sites for hydroxylation is 1. The number of nitrogens with one attached hydrogen (secondary N) is 1. The van der Waals surface area contributed by atoms with Gasteiger partial charge < -0.3 is 15.0 Å². The quantitative estimate of drug-likeness (QED) is 0.441. The zero-order valence-corrected chi connectivity index (χ0v) is 16.9. The fraction of sp³-hybridized carbons (Fsp3) is 0.333. The van der Waals surface area contributed by atoms with Gasteiger partial charge in [0.05, 0.1) is 19.3 Å². The van der Waals surface area contributed by atoms with E-state index < -0.39 is 0 Å². The molecule has 0 saturated heterocycles. The third kappa shape index (κ3) is 5.99. The minimum atomic E-state index is 0. The molecule has 0 radical (unpaired) electrons. The van der Waals surface area contributed by atoms with Crippen molar-refractivity contribution < 1.29 is 4.74 Å². The lowest BCUT2D eigenvalue weighted by atomic mass is 10.1. The summed E-state index contributed by atoms with van der Waals surface area (Å²) in [5, 5.41) is 3.33. The van der Waals surface area contributed by atoms with Crippen LogP contribution in [0.1, 0.15) is 16.8 Å². The molecule has 1 aromatic carbocycles. The molecule has 2 rings (SSSR count). The first-order valence-corrected chi connectivity index (χ1v) is 7.59. The van der Waals surface area contributed by atoms with E-state index in [4.69, 9.17) is 4.74 Å². The van der Waals surface area contributed by atoms with Gasteiger partial charge in [-0.1, -0.05) is 35.9 Å². The first-order valence-electron chi connectivity index (χ1n) is 7.59. The molecule has 1 heterocycles. The number of benzene rings is 1. The molecule has 0 saturated carbocycles. The van der Waals surface area contributed by atoms with Gasteiger partial charge in [0, 0.05) is 26.7 Å². The van der Waals surface area contributed by atoms with E-state index in [9.17, 15) is 0 Å². The van der Waals surface area contributed by atoms with Crippen molar-refractivity contribution in [3.8, 4) is 5.88 Å². The number of halogens is 1. The summed E-state index contributed by atoms with van der Waals surface area (Å²) in [5.41, 5.74) is 3.43. The maximum atomic E-state index is 5.14. The van der Waals surface area contributed by atoms with Gasteiger partial charge in [0.25, 0.3) is 0 Å². The highest BCUT2D eigenvalue weighted by Crippen LogP contribution is 2.08. The second-order valence-corrected chi connectivity index (χ2v) is 5.41. The number of aromatic nitrogens is 1. The van der Waals surface area contributed by atoms with Crippen LogP contribution in [-0.2, 0) is 13.1 Å². The molecule has 6 heteroatoms. The second kappa shape index (κ2) is 10.1. The van der Waals surface area contributed by atoms with Crippen LogP contribution in [0.4, 0.5) is 0 Å². The first kappa shape index (κ1) is 20.2. The third-order valence-electron chi connectivity index (χ3n) is 3.53. The van der Waals surface area contributed by atoms with Gasteiger partial charge in [-0.15, -0.1) is 24.0 Å². The molecule has 0 aliphatic rings. The predicted molar refractivity (Wildman–Crippen MR) is 109 cm³/mol. The van der Waals surface area contributed by atoms with Crippen molar-refractivity contribution in [1.82, 2.24) is 15.2 Å². The Morgan fingerprint density at radius 2 is 1.92 bits per heavy atom. The molecule has 130 valence electrons. The van der Waals surface area contributed by atoms with Crippen LogP contribution in [0.2, 0.25) is 0 Å². The van der Waals surface area contributed by atoms with E-state index in [0.717, 1.165) is 18.2 Å². The molecule has 1 N–H and O–H groups in total. The summed E-state index contributed by atoms with van der Waals surface area (Å²) in [6.45, 7) is 3.49. The van der Waals surface area contributed by atoms with E-state index in [-0.39, 0.29) is 24.0 Å². The fourth-order valence-electron chi connectivity index (χ4n) is 2.27. The molecule has 24 heavy (non-hydrogen) atoms. The largest absolute Gasteiger partial charge is 0.481 e. The standard InChI is InChI=1S/C18H24N4O.HI/c1-14-8-10-15(11-9-14)13-22(3)18(19-2)20-12-16-6-5-7-17(21-16)23-4;/h5-11H,12-13H2,1-4H3,(H,19,20);1H. The molecule has 1 aromatic heterocycles. The number of guanidine groups is 1. The normalized spacial score (nSPS) is 10.8. The van der Waals surface area contributed by atoms with Gasteiger partial charge in [0.1, 0.15) is 0 Å². The van der Waals surface area contributed by atoms with E-state index in [1.165, 1.54) is 11.1 Å². The molecule has 5 nitrogen and oxygen atoms in total. The molecule has 0 fully saturated rings. The van der Waals surface area contributed by atoms with Gasteiger partial charge >= 0.3 is 0 Å². The minimum Gasteiger partial charge on any atom is -0.481 e. The molecule has 0 aliphatic carbocycles. The Balaban J connectivity index is 0.00000288. The maximum absolute atomic E-state index is 5.14. The molecule has 0 amide bonds. The average molecular weight is 440 g/mol. The van der Waals surface area contributed by atoms with E-state index in [1.54, 1.807) is 14.2 Å². The number of hydrogen-bond donors (Lipinski definition) is 1. The number of methoxy groups -OCH3 is 1. The zero-order chi connectivity index (χ0) is 16.7. The molecule has 2 aromatic rings. The Morgan fingerprint density at radius 1 is 1.21 bits per heavy atom. The summed E-state index contributed by atoms with van der Waals surface area (Å²) in [4.78, 5) is 10.8. The molecule has 0 unspecified atom stereocenters. The second-order valence-electron chi connectivity index (χ2n) is 5.41. The van der Waals surface area contributed by atoms with Crippen LogP contribution >= 0.6 is 24.0 Å². The summed E-state index contributed by atoms with van der Waals surface area (Å²) in [6, 6.07) is 14.3. The van der Waals surface area contributed by atoms with Crippen LogP contribution < -0.4 is 10.1 Å². The van der Waals surface area contributed by atoms with Crippen molar-refractivity contribution in [2.24, 2.45) is 4.99 Å². The third-order valence-corrected chi connectivity index (χ3v) is 3.53. The van der Waals surface area contributed by atoms with Crippen molar-refractivity contribution in [1.29, 1.82) is 0 Å². The molecule has 0 spiro atoms. The Kier molecular flexibility index (Phi) is 8.53. The predicted octanol–water partition coefficient (Wildman–Crippen LogP) is 3.22. The van der Waals surface area contributed by atoms with Gasteiger partial charge in [0.2, 0.25) is 5.88 Å². The van der Waals surface area contributed by atoms with Crippen molar-refractivity contribution in [3.63, 3.8) is 0 Å². The Morgan fingerprint density at radius 3 is 2.54 bits per heavy atom. The number of aliphatic imine (C=N–C) groups is 1. The topological polar surface area (TPSA) is 49.8 Å². The summed E-state index contributed by atoms with van der Waals surface area (Å²) in [7, 11) is 5.43. The lowest BCUT2D eigenvalue weighted by Crippen LogP contribution is -2.38. The van der Waals surface area contributed by atoms with Crippen molar-refractivity contribution in [3.05, 3.63) is 59.3 Å². The fourth-order valence-corrected chi connectivity index (χ4v) is 2.27. The maximum Gasteiger partial charge on any atom is 0.213 e. The van der Waals surface area contributed by atoms with Gasteiger partial charge in [-0.2, -0.15) is 0 Å². The zero-order valence-electron chi connectivity index (χ0n) is 14.6. The molecule has 0 atom stereocenters. The highest BCUT2D eigenvalue weighted by atomic mass is 127. The lowest BCUT2D eigenvalue weighted by Gasteiger charge is -2.22. The Hall–Kier alpha value is -1.83. The molecular formula is C18H25IN4O. The van der Waals surface area contributed by atoms with Crippen molar-refractivity contribution in [2.45, 2.75) is 20.0 Å². The SMILES string of the molecule is CN=C(NCc1cccc(OC)n1)N(C)Cc1ccc(C)cc1.I. The highest BCUT2D eigenvalue weighted by molar-refractivity contribution is 14.0. The van der Waals surface area contributed by atoms with Crippen LogP contribution in [-0.4, -0.2) is 37.0 Å². The number of pyridine rings is 1. The number of hydrogen-bond acceptors (Lipinski definition) is 3. The van der Waals surface area contributed by atoms with Gasteiger partial charge in [-0.25, -0.2) is 4.98 Å². The van der Waals surface area contributed by atoms with Crippen molar-refractivity contribution >= 4 is 29.9 Å². The minimum absolute atomic E-state index is 0. The van der Waals surface area contributed by atoms with Crippen LogP contribution in [0.3, 0.4) is 0 Å². The summed E-state index contributed by atoms with van der Waals surface area (Å²) in [5.74, 6) is 1.45. The highest BCUT2D eigenvalue weighted by Gasteiger charge is 2.07. The van der Waals surface area contributed by atoms with E-state index in [2.05, 4.69) is 51.4 Å². The summed E-state index contributed by atoms with van der Waals surface area (Å²) >= 11 is 0. The molecule has 0 bridgehead atoms. The summed E-state index contributed by atoms with van der Waals surface area (Å²) in [6.07, 6.45) is 0. The van der Waals surface area contributed by atoms with Crippen LogP contribution in [0.5, 0.6) is 5.88 Å². The lowest BCUT2D eigenvalue weighted by molar-refractivity contribution is 0.396. The smallest absolute Gasteiger partial charge is 0.213 e. The van der Waals surface area contributed by atoms with E-state index in [1.807, 2.05) is 25.2 Å². The van der Waals surface area contributed by atoms with Crippen molar-refractivity contribution in [2.75, 3.05) is 21.2 Å².